The second-order valence-electron chi connectivity index (χ2n) is 2.92. The number of hydrogen-bond acceptors (Lipinski definition) is 3. The Balaban J connectivity index is 3.14. The standard InChI is InChI=1S/C8H16NO3/c1-7(2)4-3-5-11-8(10)12-6-9/h7,9H,3-6H2,1-2H3. The molecule has 0 aliphatic carbocycles. The van der Waals surface area contributed by atoms with Crippen molar-refractivity contribution in [2.75, 3.05) is 13.3 Å². The first-order chi connectivity index (χ1) is 5.66. The second-order valence-corrected chi connectivity index (χ2v) is 2.92. The minimum Gasteiger partial charge on any atom is -0.434 e. The molecule has 12 heavy (non-hydrogen) atoms. The van der Waals surface area contributed by atoms with Crippen molar-refractivity contribution in [3.05, 3.63) is 0 Å². The monoisotopic (exact) mass is 174 g/mol. The summed E-state index contributed by atoms with van der Waals surface area (Å²) in [5.74, 6) is 0.626. The van der Waals surface area contributed by atoms with Crippen LogP contribution in [0.1, 0.15) is 26.7 Å². The number of nitrogens with one attached hydrogen (secondary N) is 1. The highest BCUT2D eigenvalue weighted by molar-refractivity contribution is 5.59. The fraction of sp³-hybridized carbons (Fsp3) is 0.875. The Morgan fingerprint density at radius 3 is 2.58 bits per heavy atom. The molecule has 0 aliphatic heterocycles. The molecule has 0 atom stereocenters. The fourth-order valence-electron chi connectivity index (χ4n) is 0.748. The van der Waals surface area contributed by atoms with Gasteiger partial charge in [0.15, 0.2) is 6.73 Å². The van der Waals surface area contributed by atoms with E-state index < -0.39 is 6.16 Å². The molecular formula is C8H16NO3. The Morgan fingerprint density at radius 1 is 1.42 bits per heavy atom. The van der Waals surface area contributed by atoms with E-state index in [9.17, 15) is 4.79 Å². The number of ether oxygens (including phenoxy) is 2. The molecular weight excluding hydrogens is 158 g/mol. The van der Waals surface area contributed by atoms with Crippen LogP contribution in [0.2, 0.25) is 0 Å². The topological polar surface area (TPSA) is 59.3 Å². The average molecular weight is 174 g/mol. The van der Waals surface area contributed by atoms with E-state index in [2.05, 4.69) is 23.3 Å². The van der Waals surface area contributed by atoms with E-state index in [1.807, 2.05) is 0 Å². The third kappa shape index (κ3) is 7.34. The highest BCUT2D eigenvalue weighted by atomic mass is 16.7. The van der Waals surface area contributed by atoms with Crippen LogP contribution in [0.5, 0.6) is 0 Å². The maximum atomic E-state index is 10.5. The summed E-state index contributed by atoms with van der Waals surface area (Å²) < 4.78 is 8.91. The Labute approximate surface area is 73.0 Å². The molecule has 0 aliphatic rings. The predicted octanol–water partition coefficient (Wildman–Crippen LogP) is 1.82. The van der Waals surface area contributed by atoms with Crippen molar-refractivity contribution in [1.29, 1.82) is 0 Å². The summed E-state index contributed by atoms with van der Waals surface area (Å²) in [5.41, 5.74) is 6.56. The molecule has 1 radical (unpaired) electrons. The summed E-state index contributed by atoms with van der Waals surface area (Å²) in [6.45, 7) is 4.24. The summed E-state index contributed by atoms with van der Waals surface area (Å²) >= 11 is 0. The van der Waals surface area contributed by atoms with Crippen LogP contribution >= 0.6 is 0 Å². The van der Waals surface area contributed by atoms with E-state index in [1.165, 1.54) is 0 Å². The molecule has 0 saturated carbocycles. The van der Waals surface area contributed by atoms with E-state index >= 15 is 0 Å². The van der Waals surface area contributed by atoms with Gasteiger partial charge in [0, 0.05) is 0 Å². The average Bonchev–Trinajstić information content (AvgIpc) is 1.98. The molecule has 0 amide bonds. The number of carbonyl (C=O) groups is 1. The first-order valence-electron chi connectivity index (χ1n) is 4.11. The molecule has 0 fully saturated rings. The van der Waals surface area contributed by atoms with Gasteiger partial charge in [-0.3, -0.25) is 0 Å². The van der Waals surface area contributed by atoms with Gasteiger partial charge >= 0.3 is 6.16 Å². The molecule has 0 unspecified atom stereocenters. The summed E-state index contributed by atoms with van der Waals surface area (Å²) in [5, 5.41) is 0. The number of rotatable bonds is 5. The van der Waals surface area contributed by atoms with Crippen molar-refractivity contribution < 1.29 is 14.3 Å². The molecule has 1 N–H and O–H groups in total. The van der Waals surface area contributed by atoms with Crippen LogP contribution < -0.4 is 5.73 Å². The molecule has 0 heterocycles. The normalized spacial score (nSPS) is 10.0. The van der Waals surface area contributed by atoms with E-state index in [-0.39, 0.29) is 6.73 Å². The van der Waals surface area contributed by atoms with Crippen molar-refractivity contribution in [2.45, 2.75) is 26.7 Å². The van der Waals surface area contributed by atoms with Gasteiger partial charge in [-0.2, -0.15) is 0 Å². The lowest BCUT2D eigenvalue weighted by Gasteiger charge is -2.05. The van der Waals surface area contributed by atoms with Crippen LogP contribution in [0.15, 0.2) is 0 Å². The summed E-state index contributed by atoms with van der Waals surface area (Å²) in [6, 6.07) is 0. The molecule has 71 valence electrons. The Kier molecular flexibility index (Phi) is 6.47. The Bertz CT molecular complexity index is 125. The van der Waals surface area contributed by atoms with Crippen LogP contribution in [0.3, 0.4) is 0 Å². The SMILES string of the molecule is CC(C)CCCOC(=O)OC[NH]. The van der Waals surface area contributed by atoms with Crippen LogP contribution in [0.25, 0.3) is 0 Å². The molecule has 0 aromatic rings. The maximum absolute atomic E-state index is 10.5. The number of carbonyl (C=O) groups excluding carboxylic acids is 1. The van der Waals surface area contributed by atoms with Gasteiger partial charge in [-0.15, -0.1) is 0 Å². The zero-order chi connectivity index (χ0) is 9.40. The van der Waals surface area contributed by atoms with Gasteiger partial charge in [-0.25, -0.2) is 10.5 Å². The highest BCUT2D eigenvalue weighted by Gasteiger charge is 2.01. The van der Waals surface area contributed by atoms with E-state index in [0.29, 0.717) is 12.5 Å². The van der Waals surface area contributed by atoms with Gasteiger partial charge in [0.2, 0.25) is 0 Å². The van der Waals surface area contributed by atoms with Gasteiger partial charge in [-0.05, 0) is 18.8 Å². The largest absolute Gasteiger partial charge is 0.509 e. The van der Waals surface area contributed by atoms with Crippen LogP contribution in [0.4, 0.5) is 4.79 Å². The minimum atomic E-state index is -0.742. The van der Waals surface area contributed by atoms with Gasteiger partial charge in [0.05, 0.1) is 6.61 Å². The molecule has 0 aromatic heterocycles. The summed E-state index contributed by atoms with van der Waals surface area (Å²) in [4.78, 5) is 10.5. The molecule has 0 bridgehead atoms. The molecule has 4 nitrogen and oxygen atoms in total. The third-order valence-electron chi connectivity index (χ3n) is 1.34. The summed E-state index contributed by atoms with van der Waals surface area (Å²) in [7, 11) is 0. The molecule has 4 heteroatoms. The lowest BCUT2D eigenvalue weighted by molar-refractivity contribution is 0.0542. The quantitative estimate of drug-likeness (QED) is 0.471. The first kappa shape index (κ1) is 11.2. The lowest BCUT2D eigenvalue weighted by atomic mass is 10.1. The Morgan fingerprint density at radius 2 is 2.08 bits per heavy atom. The number of hydrogen-bond donors (Lipinski definition) is 0. The highest BCUT2D eigenvalue weighted by Crippen LogP contribution is 2.03. The van der Waals surface area contributed by atoms with Crippen LogP contribution in [-0.4, -0.2) is 19.5 Å². The van der Waals surface area contributed by atoms with E-state index in [1.54, 1.807) is 0 Å². The third-order valence-corrected chi connectivity index (χ3v) is 1.34. The zero-order valence-corrected chi connectivity index (χ0v) is 7.63. The fourth-order valence-corrected chi connectivity index (χ4v) is 0.748. The maximum Gasteiger partial charge on any atom is 0.509 e. The Hall–Kier alpha value is -0.770. The van der Waals surface area contributed by atoms with Gasteiger partial charge in [0.1, 0.15) is 0 Å². The first-order valence-corrected chi connectivity index (χ1v) is 4.11. The molecule has 0 saturated heterocycles. The van der Waals surface area contributed by atoms with Gasteiger partial charge < -0.3 is 9.47 Å². The molecule has 0 aromatic carbocycles. The van der Waals surface area contributed by atoms with E-state index in [4.69, 9.17) is 5.73 Å². The smallest absolute Gasteiger partial charge is 0.434 e. The van der Waals surface area contributed by atoms with Crippen molar-refractivity contribution in [2.24, 2.45) is 5.92 Å². The van der Waals surface area contributed by atoms with Gasteiger partial charge in [0.25, 0.3) is 0 Å². The van der Waals surface area contributed by atoms with Crippen molar-refractivity contribution in [3.8, 4) is 0 Å². The second kappa shape index (κ2) is 6.91. The van der Waals surface area contributed by atoms with Crippen molar-refractivity contribution >= 4 is 6.16 Å². The summed E-state index contributed by atoms with van der Waals surface area (Å²) in [6.07, 6.45) is 1.15. The van der Waals surface area contributed by atoms with Crippen LogP contribution in [-0.2, 0) is 9.47 Å². The predicted molar refractivity (Wildman–Crippen MR) is 44.5 cm³/mol. The molecule has 0 rings (SSSR count). The molecule has 0 spiro atoms. The van der Waals surface area contributed by atoms with Crippen LogP contribution in [0, 0.1) is 5.92 Å². The lowest BCUT2D eigenvalue weighted by Crippen LogP contribution is -2.10. The van der Waals surface area contributed by atoms with Crippen molar-refractivity contribution in [1.82, 2.24) is 5.73 Å². The van der Waals surface area contributed by atoms with E-state index in [0.717, 1.165) is 12.8 Å². The van der Waals surface area contributed by atoms with Crippen molar-refractivity contribution in [3.63, 3.8) is 0 Å². The zero-order valence-electron chi connectivity index (χ0n) is 7.63. The minimum absolute atomic E-state index is 0.372. The van der Waals surface area contributed by atoms with Gasteiger partial charge in [-0.1, -0.05) is 13.8 Å².